The van der Waals surface area contributed by atoms with Gasteiger partial charge in [-0.2, -0.15) is 0 Å². The number of aromatic nitrogens is 1. The minimum atomic E-state index is -0.114. The van der Waals surface area contributed by atoms with Crippen LogP contribution in [0.25, 0.3) is 10.9 Å². The molecule has 1 aliphatic heterocycles. The first-order valence-corrected chi connectivity index (χ1v) is 10.5. The molecule has 0 radical (unpaired) electrons. The minimum Gasteiger partial charge on any atom is -0.454 e. The molecule has 0 saturated heterocycles. The largest absolute Gasteiger partial charge is 0.454 e. The summed E-state index contributed by atoms with van der Waals surface area (Å²) in [6, 6.07) is 13.7. The van der Waals surface area contributed by atoms with E-state index in [4.69, 9.17) is 26.4 Å². The Morgan fingerprint density at radius 1 is 1.19 bits per heavy atom. The fraction of sp³-hybridized carbons (Fsp3) is 0.304. The highest BCUT2D eigenvalue weighted by atomic mass is 32.1. The molecular weight excluding hydrogens is 414 g/mol. The monoisotopic (exact) mass is 439 g/mol. The second-order valence-electron chi connectivity index (χ2n) is 7.43. The van der Waals surface area contributed by atoms with Crippen LogP contribution in [0.1, 0.15) is 16.7 Å². The number of aryl methyl sites for hydroxylation is 1. The van der Waals surface area contributed by atoms with Crippen molar-refractivity contribution in [1.82, 2.24) is 15.2 Å². The van der Waals surface area contributed by atoms with Gasteiger partial charge in [-0.05, 0) is 53.9 Å². The second-order valence-corrected chi connectivity index (χ2v) is 7.82. The molecule has 8 heteroatoms. The van der Waals surface area contributed by atoms with Crippen LogP contribution in [-0.4, -0.2) is 42.1 Å². The summed E-state index contributed by atoms with van der Waals surface area (Å²) in [6.45, 7) is 4.21. The molecule has 0 aliphatic carbocycles. The standard InChI is InChI=1S/C23H25N3O4S/c1-15-4-3-5-17-11-18(22(27)25-21(15)17)13-26(23(31)24-8-9-28-2)12-16-6-7-19-20(10-16)30-14-29-19/h3-7,10-11H,8-9,12-14H2,1-2H3,(H,24,31)(H,25,27). The van der Waals surface area contributed by atoms with Gasteiger partial charge < -0.3 is 29.4 Å². The van der Waals surface area contributed by atoms with Crippen molar-refractivity contribution in [2.45, 2.75) is 20.0 Å². The minimum absolute atomic E-state index is 0.114. The van der Waals surface area contributed by atoms with E-state index in [2.05, 4.69) is 10.3 Å². The summed E-state index contributed by atoms with van der Waals surface area (Å²) < 4.78 is 16.0. The Kier molecular flexibility index (Phi) is 6.39. The van der Waals surface area contributed by atoms with Gasteiger partial charge in [0, 0.05) is 25.8 Å². The summed E-state index contributed by atoms with van der Waals surface area (Å²) in [5, 5.41) is 4.76. The molecule has 1 aromatic heterocycles. The van der Waals surface area contributed by atoms with Gasteiger partial charge in [0.2, 0.25) is 6.79 Å². The molecule has 0 amide bonds. The van der Waals surface area contributed by atoms with Crippen LogP contribution in [0.15, 0.2) is 47.3 Å². The van der Waals surface area contributed by atoms with Crippen molar-refractivity contribution in [2.75, 3.05) is 27.1 Å². The zero-order valence-corrected chi connectivity index (χ0v) is 18.4. The number of aromatic amines is 1. The Labute approximate surface area is 185 Å². The van der Waals surface area contributed by atoms with E-state index >= 15 is 0 Å². The van der Waals surface area contributed by atoms with Crippen LogP contribution in [-0.2, 0) is 17.8 Å². The van der Waals surface area contributed by atoms with Gasteiger partial charge in [-0.15, -0.1) is 0 Å². The fourth-order valence-electron chi connectivity index (χ4n) is 3.58. The van der Waals surface area contributed by atoms with Gasteiger partial charge in [0.05, 0.1) is 18.7 Å². The number of rotatable bonds is 7. The molecule has 0 spiro atoms. The first kappa shape index (κ1) is 21.1. The number of para-hydroxylation sites is 1. The zero-order chi connectivity index (χ0) is 21.8. The Bertz CT molecular complexity index is 1160. The SMILES string of the molecule is COCCNC(=S)N(Cc1ccc2c(c1)OCO2)Cc1cc2cccc(C)c2[nH]c1=O. The molecule has 2 N–H and O–H groups in total. The number of nitrogens with zero attached hydrogens (tertiary/aromatic N) is 1. The lowest BCUT2D eigenvalue weighted by Gasteiger charge is -2.26. The average Bonchev–Trinajstić information content (AvgIpc) is 3.22. The summed E-state index contributed by atoms with van der Waals surface area (Å²) >= 11 is 5.64. The molecule has 2 heterocycles. The zero-order valence-electron chi connectivity index (χ0n) is 17.6. The van der Waals surface area contributed by atoms with E-state index in [1.165, 1.54) is 0 Å². The van der Waals surface area contributed by atoms with Crippen molar-refractivity contribution in [2.24, 2.45) is 0 Å². The van der Waals surface area contributed by atoms with Crippen LogP contribution in [0.3, 0.4) is 0 Å². The summed E-state index contributed by atoms with van der Waals surface area (Å²) in [5.41, 5.74) is 3.44. The molecule has 1 aliphatic rings. The lowest BCUT2D eigenvalue weighted by molar-refractivity contribution is 0.174. The van der Waals surface area contributed by atoms with E-state index in [1.54, 1.807) is 7.11 Å². The Balaban J connectivity index is 1.61. The number of hydrogen-bond donors (Lipinski definition) is 2. The summed E-state index contributed by atoms with van der Waals surface area (Å²) in [7, 11) is 1.64. The summed E-state index contributed by atoms with van der Waals surface area (Å²) in [4.78, 5) is 17.8. The van der Waals surface area contributed by atoms with Crippen LogP contribution in [0, 0.1) is 6.92 Å². The highest BCUT2D eigenvalue weighted by molar-refractivity contribution is 7.80. The van der Waals surface area contributed by atoms with Crippen molar-refractivity contribution in [3.8, 4) is 11.5 Å². The van der Waals surface area contributed by atoms with Gasteiger partial charge in [-0.25, -0.2) is 0 Å². The Morgan fingerprint density at radius 2 is 2.03 bits per heavy atom. The second kappa shape index (κ2) is 9.36. The molecule has 4 rings (SSSR count). The van der Waals surface area contributed by atoms with Gasteiger partial charge in [0.1, 0.15) is 0 Å². The molecular formula is C23H25N3O4S. The van der Waals surface area contributed by atoms with Gasteiger partial charge in [-0.1, -0.05) is 24.3 Å². The number of H-pyrrole nitrogens is 1. The molecule has 162 valence electrons. The molecule has 0 unspecified atom stereocenters. The predicted molar refractivity (Wildman–Crippen MR) is 124 cm³/mol. The average molecular weight is 440 g/mol. The summed E-state index contributed by atoms with van der Waals surface area (Å²) in [6.07, 6.45) is 0. The van der Waals surface area contributed by atoms with E-state index in [1.807, 2.05) is 54.3 Å². The third kappa shape index (κ3) is 4.81. The number of fused-ring (bicyclic) bond motifs is 2. The highest BCUT2D eigenvalue weighted by Gasteiger charge is 2.17. The molecule has 0 saturated carbocycles. The normalized spacial score (nSPS) is 12.2. The van der Waals surface area contributed by atoms with Crippen molar-refractivity contribution in [1.29, 1.82) is 0 Å². The first-order chi connectivity index (χ1) is 15.0. The van der Waals surface area contributed by atoms with E-state index in [-0.39, 0.29) is 12.4 Å². The van der Waals surface area contributed by atoms with E-state index in [9.17, 15) is 4.79 Å². The van der Waals surface area contributed by atoms with Crippen molar-refractivity contribution >= 4 is 28.2 Å². The number of thiocarbonyl (C=S) groups is 1. The molecule has 2 aromatic carbocycles. The lowest BCUT2D eigenvalue weighted by Crippen LogP contribution is -2.41. The molecule has 0 fully saturated rings. The van der Waals surface area contributed by atoms with Crippen LogP contribution < -0.4 is 20.3 Å². The van der Waals surface area contributed by atoms with Crippen LogP contribution >= 0.6 is 12.2 Å². The number of methoxy groups -OCH3 is 1. The maximum atomic E-state index is 12.8. The van der Waals surface area contributed by atoms with Crippen molar-refractivity contribution < 1.29 is 14.2 Å². The number of ether oxygens (including phenoxy) is 3. The van der Waals surface area contributed by atoms with Crippen molar-refractivity contribution in [3.63, 3.8) is 0 Å². The predicted octanol–water partition coefficient (Wildman–Crippen LogP) is 3.09. The molecule has 0 atom stereocenters. The Hall–Kier alpha value is -3.10. The van der Waals surface area contributed by atoms with Crippen molar-refractivity contribution in [3.05, 3.63) is 69.5 Å². The maximum Gasteiger partial charge on any atom is 0.253 e. The fourth-order valence-corrected chi connectivity index (χ4v) is 3.81. The maximum absolute atomic E-state index is 12.8. The van der Waals surface area contributed by atoms with E-state index < -0.39 is 0 Å². The van der Waals surface area contributed by atoms with Gasteiger partial charge in [0.15, 0.2) is 16.6 Å². The van der Waals surface area contributed by atoms with Crippen LogP contribution in [0.2, 0.25) is 0 Å². The molecule has 0 bridgehead atoms. The van der Waals surface area contributed by atoms with Gasteiger partial charge in [0.25, 0.3) is 5.56 Å². The number of nitrogens with one attached hydrogen (secondary N) is 2. The smallest absolute Gasteiger partial charge is 0.253 e. The third-order valence-corrected chi connectivity index (χ3v) is 5.61. The first-order valence-electron chi connectivity index (χ1n) is 10.1. The summed E-state index contributed by atoms with van der Waals surface area (Å²) in [5.74, 6) is 1.45. The van der Waals surface area contributed by atoms with E-state index in [0.717, 1.165) is 33.5 Å². The quantitative estimate of drug-likeness (QED) is 0.433. The van der Waals surface area contributed by atoms with Gasteiger partial charge in [-0.3, -0.25) is 4.79 Å². The molecule has 31 heavy (non-hydrogen) atoms. The highest BCUT2D eigenvalue weighted by Crippen LogP contribution is 2.33. The molecule has 7 nitrogen and oxygen atoms in total. The van der Waals surface area contributed by atoms with E-state index in [0.29, 0.717) is 36.9 Å². The number of hydrogen-bond acceptors (Lipinski definition) is 5. The number of pyridine rings is 1. The topological polar surface area (TPSA) is 75.8 Å². The van der Waals surface area contributed by atoms with Crippen LogP contribution in [0.5, 0.6) is 11.5 Å². The Morgan fingerprint density at radius 3 is 2.87 bits per heavy atom. The van der Waals surface area contributed by atoms with Crippen LogP contribution in [0.4, 0.5) is 0 Å². The van der Waals surface area contributed by atoms with Gasteiger partial charge >= 0.3 is 0 Å². The molecule has 3 aromatic rings. The third-order valence-electron chi connectivity index (χ3n) is 5.21. The number of benzene rings is 2. The lowest BCUT2D eigenvalue weighted by atomic mass is 10.1.